The van der Waals surface area contributed by atoms with Gasteiger partial charge in [-0.2, -0.15) is 0 Å². The molecule has 19 heavy (non-hydrogen) atoms. The zero-order valence-electron chi connectivity index (χ0n) is 13.0. The minimum Gasteiger partial charge on any atom is -0.324 e. The summed E-state index contributed by atoms with van der Waals surface area (Å²) < 4.78 is 0. The third-order valence-electron chi connectivity index (χ3n) is 4.04. The van der Waals surface area contributed by atoms with Gasteiger partial charge in [-0.15, -0.1) is 0 Å². The van der Waals surface area contributed by atoms with E-state index in [4.69, 9.17) is 5.73 Å². The number of hydrogen-bond acceptors (Lipinski definition) is 1. The van der Waals surface area contributed by atoms with E-state index in [2.05, 4.69) is 39.0 Å². The predicted molar refractivity (Wildman–Crippen MR) is 85.5 cm³/mol. The van der Waals surface area contributed by atoms with Gasteiger partial charge in [0, 0.05) is 6.04 Å². The Morgan fingerprint density at radius 1 is 0.895 bits per heavy atom. The van der Waals surface area contributed by atoms with E-state index in [1.807, 2.05) is 0 Å². The molecule has 1 heteroatoms. The van der Waals surface area contributed by atoms with Gasteiger partial charge in [0.25, 0.3) is 0 Å². The molecule has 1 nitrogen and oxygen atoms in total. The van der Waals surface area contributed by atoms with Crippen molar-refractivity contribution in [3.8, 4) is 0 Å². The summed E-state index contributed by atoms with van der Waals surface area (Å²) in [6, 6.07) is 7.05. The lowest BCUT2D eigenvalue weighted by molar-refractivity contribution is 0.555. The number of benzene rings is 1. The molecular formula is C18H31N. The molecule has 1 unspecified atom stereocenters. The maximum atomic E-state index is 6.32. The summed E-state index contributed by atoms with van der Waals surface area (Å²) in [5.41, 5.74) is 10.6. The van der Waals surface area contributed by atoms with E-state index in [1.165, 1.54) is 48.8 Å². The molecule has 0 spiro atoms. The van der Waals surface area contributed by atoms with E-state index < -0.39 is 0 Å². The monoisotopic (exact) mass is 261 g/mol. The quantitative estimate of drug-likeness (QED) is 0.610. The number of hydrogen-bond donors (Lipinski definition) is 1. The largest absolute Gasteiger partial charge is 0.324 e. The van der Waals surface area contributed by atoms with E-state index in [1.54, 1.807) is 0 Å². The topological polar surface area (TPSA) is 26.0 Å². The van der Waals surface area contributed by atoms with Crippen LogP contribution < -0.4 is 5.73 Å². The Kier molecular flexibility index (Phi) is 7.81. The van der Waals surface area contributed by atoms with E-state index in [9.17, 15) is 0 Å². The van der Waals surface area contributed by atoms with Crippen molar-refractivity contribution in [2.24, 2.45) is 5.73 Å². The number of nitrogens with two attached hydrogens (primary N) is 1. The summed E-state index contributed by atoms with van der Waals surface area (Å²) in [6.45, 7) is 6.71. The molecule has 0 aromatic heterocycles. The van der Waals surface area contributed by atoms with E-state index in [-0.39, 0.29) is 6.04 Å². The third-order valence-corrected chi connectivity index (χ3v) is 4.04. The highest BCUT2D eigenvalue weighted by atomic mass is 14.6. The van der Waals surface area contributed by atoms with Crippen LogP contribution in [0.3, 0.4) is 0 Å². The second kappa shape index (κ2) is 9.14. The van der Waals surface area contributed by atoms with Crippen molar-refractivity contribution in [2.75, 3.05) is 0 Å². The van der Waals surface area contributed by atoms with Gasteiger partial charge in [0.1, 0.15) is 0 Å². The van der Waals surface area contributed by atoms with Gasteiger partial charge < -0.3 is 5.73 Å². The van der Waals surface area contributed by atoms with Crippen LogP contribution in [0.4, 0.5) is 0 Å². The molecule has 0 aliphatic carbocycles. The van der Waals surface area contributed by atoms with Gasteiger partial charge >= 0.3 is 0 Å². The number of rotatable bonds is 9. The van der Waals surface area contributed by atoms with Gasteiger partial charge in [-0.3, -0.25) is 0 Å². The lowest BCUT2D eigenvalue weighted by atomic mass is 9.94. The summed E-state index contributed by atoms with van der Waals surface area (Å²) in [4.78, 5) is 0. The van der Waals surface area contributed by atoms with Gasteiger partial charge in [0.15, 0.2) is 0 Å². The molecule has 0 heterocycles. The van der Waals surface area contributed by atoms with E-state index >= 15 is 0 Å². The van der Waals surface area contributed by atoms with Crippen molar-refractivity contribution >= 4 is 0 Å². The Morgan fingerprint density at radius 3 is 2.21 bits per heavy atom. The van der Waals surface area contributed by atoms with Crippen LogP contribution in [-0.2, 0) is 12.8 Å². The summed E-state index contributed by atoms with van der Waals surface area (Å²) in [6.07, 6.45) is 9.98. The normalized spacial score (nSPS) is 12.6. The standard InChI is InChI=1S/C18H31N/c1-4-7-8-9-10-11-18(19)17-13-12-15(5-2)16(6-3)14-17/h12-14,18H,4-11,19H2,1-3H3. The molecule has 108 valence electrons. The fourth-order valence-electron chi connectivity index (χ4n) is 2.68. The zero-order valence-corrected chi connectivity index (χ0v) is 13.0. The zero-order chi connectivity index (χ0) is 14.1. The Balaban J connectivity index is 2.49. The highest BCUT2D eigenvalue weighted by Gasteiger charge is 2.08. The Hall–Kier alpha value is -0.820. The Labute approximate surface area is 119 Å². The van der Waals surface area contributed by atoms with Crippen molar-refractivity contribution in [3.05, 3.63) is 34.9 Å². The van der Waals surface area contributed by atoms with Gasteiger partial charge in [0.2, 0.25) is 0 Å². The minimum atomic E-state index is 0.220. The van der Waals surface area contributed by atoms with Gasteiger partial charge in [-0.1, -0.05) is 71.1 Å². The summed E-state index contributed by atoms with van der Waals surface area (Å²) >= 11 is 0. The highest BCUT2D eigenvalue weighted by molar-refractivity contribution is 5.33. The van der Waals surface area contributed by atoms with Crippen LogP contribution in [0.5, 0.6) is 0 Å². The summed E-state index contributed by atoms with van der Waals surface area (Å²) in [5.74, 6) is 0. The molecule has 0 aliphatic rings. The molecule has 0 saturated heterocycles. The Morgan fingerprint density at radius 2 is 1.58 bits per heavy atom. The molecule has 2 N–H and O–H groups in total. The molecule has 0 bridgehead atoms. The number of aryl methyl sites for hydroxylation is 2. The van der Waals surface area contributed by atoms with E-state index in [0.717, 1.165) is 19.3 Å². The average Bonchev–Trinajstić information content (AvgIpc) is 2.46. The maximum absolute atomic E-state index is 6.32. The first-order valence-corrected chi connectivity index (χ1v) is 8.10. The van der Waals surface area contributed by atoms with Crippen LogP contribution in [0.15, 0.2) is 18.2 Å². The SMILES string of the molecule is CCCCCCCC(N)c1ccc(CC)c(CC)c1. The number of unbranched alkanes of at least 4 members (excludes halogenated alkanes) is 4. The molecule has 1 aromatic rings. The molecule has 0 saturated carbocycles. The van der Waals surface area contributed by atoms with Crippen molar-refractivity contribution in [1.82, 2.24) is 0 Å². The van der Waals surface area contributed by atoms with E-state index in [0.29, 0.717) is 0 Å². The van der Waals surface area contributed by atoms with Crippen molar-refractivity contribution in [2.45, 2.75) is 78.2 Å². The smallest absolute Gasteiger partial charge is 0.0294 e. The van der Waals surface area contributed by atoms with Crippen LogP contribution in [-0.4, -0.2) is 0 Å². The first-order chi connectivity index (χ1) is 9.22. The lowest BCUT2D eigenvalue weighted by Crippen LogP contribution is -2.11. The Bertz CT molecular complexity index is 357. The predicted octanol–water partition coefficient (Wildman–Crippen LogP) is 5.17. The fourth-order valence-corrected chi connectivity index (χ4v) is 2.68. The van der Waals surface area contributed by atoms with Crippen LogP contribution >= 0.6 is 0 Å². The molecule has 0 amide bonds. The first kappa shape index (κ1) is 16.2. The van der Waals surface area contributed by atoms with Crippen LogP contribution in [0, 0.1) is 0 Å². The van der Waals surface area contributed by atoms with Crippen molar-refractivity contribution < 1.29 is 0 Å². The van der Waals surface area contributed by atoms with Gasteiger partial charge in [0.05, 0.1) is 0 Å². The maximum Gasteiger partial charge on any atom is 0.0294 e. The van der Waals surface area contributed by atoms with Crippen molar-refractivity contribution in [3.63, 3.8) is 0 Å². The second-order valence-corrected chi connectivity index (χ2v) is 5.54. The second-order valence-electron chi connectivity index (χ2n) is 5.54. The minimum absolute atomic E-state index is 0.220. The first-order valence-electron chi connectivity index (χ1n) is 8.10. The average molecular weight is 261 g/mol. The van der Waals surface area contributed by atoms with Gasteiger partial charge in [-0.05, 0) is 36.0 Å². The fraction of sp³-hybridized carbons (Fsp3) is 0.667. The van der Waals surface area contributed by atoms with Crippen molar-refractivity contribution in [1.29, 1.82) is 0 Å². The highest BCUT2D eigenvalue weighted by Crippen LogP contribution is 2.22. The summed E-state index contributed by atoms with van der Waals surface area (Å²) in [5, 5.41) is 0. The van der Waals surface area contributed by atoms with Crippen LogP contribution in [0.25, 0.3) is 0 Å². The molecule has 1 atom stereocenters. The summed E-state index contributed by atoms with van der Waals surface area (Å²) in [7, 11) is 0. The molecule has 0 radical (unpaired) electrons. The van der Waals surface area contributed by atoms with Crippen LogP contribution in [0.1, 0.15) is 82.0 Å². The third kappa shape index (κ3) is 5.36. The lowest BCUT2D eigenvalue weighted by Gasteiger charge is -2.15. The molecule has 1 rings (SSSR count). The molecule has 1 aromatic carbocycles. The molecule has 0 aliphatic heterocycles. The van der Waals surface area contributed by atoms with Crippen LogP contribution in [0.2, 0.25) is 0 Å². The molecule has 0 fully saturated rings. The van der Waals surface area contributed by atoms with Gasteiger partial charge in [-0.25, -0.2) is 0 Å². The molecular weight excluding hydrogens is 230 g/mol.